The highest BCUT2D eigenvalue weighted by Crippen LogP contribution is 2.15. The highest BCUT2D eigenvalue weighted by atomic mass is 15.1. The molecule has 1 fully saturated rings. The minimum atomic E-state index is 0.812. The Bertz CT molecular complexity index is 129. The SMILES string of the molecule is CC=CC1CCCCN(C)C1. The fourth-order valence-corrected chi connectivity index (χ4v) is 1.80. The van der Waals surface area contributed by atoms with E-state index in [0.29, 0.717) is 0 Å². The molecule has 0 spiro atoms. The summed E-state index contributed by atoms with van der Waals surface area (Å²) in [6.45, 7) is 4.66. The number of nitrogens with zero attached hydrogens (tertiary/aromatic N) is 1. The Morgan fingerprint density at radius 3 is 2.91 bits per heavy atom. The molecular formula is C10H19N. The maximum atomic E-state index is 2.44. The van der Waals surface area contributed by atoms with Crippen molar-refractivity contribution in [2.45, 2.75) is 26.2 Å². The van der Waals surface area contributed by atoms with Crippen LogP contribution in [0.4, 0.5) is 0 Å². The maximum Gasteiger partial charge on any atom is 0.00413 e. The van der Waals surface area contributed by atoms with E-state index in [0.717, 1.165) is 5.92 Å². The zero-order chi connectivity index (χ0) is 8.10. The van der Waals surface area contributed by atoms with E-state index >= 15 is 0 Å². The summed E-state index contributed by atoms with van der Waals surface area (Å²) in [5, 5.41) is 0. The van der Waals surface area contributed by atoms with Crippen LogP contribution in [0.15, 0.2) is 12.2 Å². The minimum absolute atomic E-state index is 0.812. The van der Waals surface area contributed by atoms with Gasteiger partial charge in [-0.25, -0.2) is 0 Å². The Morgan fingerprint density at radius 1 is 1.36 bits per heavy atom. The predicted octanol–water partition coefficient (Wildman–Crippen LogP) is 2.29. The first-order valence-corrected chi connectivity index (χ1v) is 4.64. The Hall–Kier alpha value is -0.300. The molecule has 0 aromatic heterocycles. The van der Waals surface area contributed by atoms with Gasteiger partial charge in [-0.2, -0.15) is 0 Å². The van der Waals surface area contributed by atoms with E-state index in [1.807, 2.05) is 0 Å². The zero-order valence-corrected chi connectivity index (χ0v) is 7.71. The van der Waals surface area contributed by atoms with Crippen molar-refractivity contribution in [2.75, 3.05) is 20.1 Å². The molecule has 1 rings (SSSR count). The quantitative estimate of drug-likeness (QED) is 0.522. The second-order valence-electron chi connectivity index (χ2n) is 3.54. The fraction of sp³-hybridized carbons (Fsp3) is 0.800. The van der Waals surface area contributed by atoms with Crippen LogP contribution < -0.4 is 0 Å². The molecule has 0 aliphatic carbocycles. The maximum absolute atomic E-state index is 2.44. The molecule has 0 N–H and O–H groups in total. The van der Waals surface area contributed by atoms with Crippen LogP contribution in [-0.4, -0.2) is 25.0 Å². The summed E-state index contributed by atoms with van der Waals surface area (Å²) in [5.41, 5.74) is 0. The third-order valence-corrected chi connectivity index (χ3v) is 2.38. The molecule has 1 heteroatoms. The molecule has 0 aromatic rings. The zero-order valence-electron chi connectivity index (χ0n) is 7.71. The van der Waals surface area contributed by atoms with Crippen molar-refractivity contribution in [1.82, 2.24) is 4.90 Å². The third-order valence-electron chi connectivity index (χ3n) is 2.38. The average Bonchev–Trinajstić information content (AvgIpc) is 2.15. The van der Waals surface area contributed by atoms with E-state index in [1.165, 1.54) is 32.4 Å². The predicted molar refractivity (Wildman–Crippen MR) is 49.7 cm³/mol. The molecule has 0 radical (unpaired) electrons. The molecule has 0 bridgehead atoms. The topological polar surface area (TPSA) is 3.24 Å². The van der Waals surface area contributed by atoms with E-state index in [2.05, 4.69) is 31.0 Å². The Labute approximate surface area is 70.1 Å². The second kappa shape index (κ2) is 4.55. The summed E-state index contributed by atoms with van der Waals surface area (Å²) in [6.07, 6.45) is 8.70. The molecule has 1 unspecified atom stereocenters. The van der Waals surface area contributed by atoms with Gasteiger partial charge >= 0.3 is 0 Å². The first-order chi connectivity index (χ1) is 5.33. The van der Waals surface area contributed by atoms with Crippen LogP contribution in [0.2, 0.25) is 0 Å². The first kappa shape index (κ1) is 8.79. The number of allylic oxidation sites excluding steroid dienone is 1. The molecule has 1 saturated heterocycles. The molecule has 0 aromatic carbocycles. The van der Waals surface area contributed by atoms with Crippen molar-refractivity contribution in [2.24, 2.45) is 5.92 Å². The number of hydrogen-bond donors (Lipinski definition) is 0. The van der Waals surface area contributed by atoms with Gasteiger partial charge in [-0.15, -0.1) is 0 Å². The molecule has 1 nitrogen and oxygen atoms in total. The van der Waals surface area contributed by atoms with E-state index < -0.39 is 0 Å². The largest absolute Gasteiger partial charge is 0.306 e. The van der Waals surface area contributed by atoms with Gasteiger partial charge < -0.3 is 4.90 Å². The van der Waals surface area contributed by atoms with Crippen molar-refractivity contribution >= 4 is 0 Å². The monoisotopic (exact) mass is 153 g/mol. The van der Waals surface area contributed by atoms with Gasteiger partial charge in [0, 0.05) is 6.54 Å². The lowest BCUT2D eigenvalue weighted by Crippen LogP contribution is -2.22. The highest BCUT2D eigenvalue weighted by molar-refractivity contribution is 4.88. The summed E-state index contributed by atoms with van der Waals surface area (Å²) in [6, 6.07) is 0. The van der Waals surface area contributed by atoms with Gasteiger partial charge in [-0.3, -0.25) is 0 Å². The van der Waals surface area contributed by atoms with E-state index in [1.54, 1.807) is 0 Å². The van der Waals surface area contributed by atoms with Gasteiger partial charge in [0.2, 0.25) is 0 Å². The van der Waals surface area contributed by atoms with Gasteiger partial charge in [0.25, 0.3) is 0 Å². The van der Waals surface area contributed by atoms with Crippen molar-refractivity contribution in [1.29, 1.82) is 0 Å². The standard InChI is InChI=1S/C10H19N/c1-3-6-10-7-4-5-8-11(2)9-10/h3,6,10H,4-5,7-9H2,1-2H3. The van der Waals surface area contributed by atoms with Gasteiger partial charge in [-0.05, 0) is 39.3 Å². The van der Waals surface area contributed by atoms with E-state index in [4.69, 9.17) is 0 Å². The Balaban J connectivity index is 2.39. The summed E-state index contributed by atoms with van der Waals surface area (Å²) >= 11 is 0. The highest BCUT2D eigenvalue weighted by Gasteiger charge is 2.11. The van der Waals surface area contributed by atoms with Crippen molar-refractivity contribution in [3.8, 4) is 0 Å². The molecule has 0 amide bonds. The van der Waals surface area contributed by atoms with Crippen molar-refractivity contribution in [3.63, 3.8) is 0 Å². The van der Waals surface area contributed by atoms with E-state index in [9.17, 15) is 0 Å². The summed E-state index contributed by atoms with van der Waals surface area (Å²) < 4.78 is 0. The van der Waals surface area contributed by atoms with Crippen LogP contribution in [0.5, 0.6) is 0 Å². The molecule has 1 aliphatic heterocycles. The summed E-state index contributed by atoms with van der Waals surface area (Å²) in [5.74, 6) is 0.812. The second-order valence-corrected chi connectivity index (χ2v) is 3.54. The van der Waals surface area contributed by atoms with Crippen LogP contribution >= 0.6 is 0 Å². The molecule has 64 valence electrons. The molecule has 1 aliphatic rings. The summed E-state index contributed by atoms with van der Waals surface area (Å²) in [4.78, 5) is 2.44. The van der Waals surface area contributed by atoms with Crippen LogP contribution in [-0.2, 0) is 0 Å². The minimum Gasteiger partial charge on any atom is -0.306 e. The van der Waals surface area contributed by atoms with Crippen molar-refractivity contribution < 1.29 is 0 Å². The van der Waals surface area contributed by atoms with Crippen LogP contribution in [0.25, 0.3) is 0 Å². The summed E-state index contributed by atoms with van der Waals surface area (Å²) in [7, 11) is 2.22. The molecule has 11 heavy (non-hydrogen) atoms. The van der Waals surface area contributed by atoms with E-state index in [-0.39, 0.29) is 0 Å². The average molecular weight is 153 g/mol. The fourth-order valence-electron chi connectivity index (χ4n) is 1.80. The Morgan fingerprint density at radius 2 is 2.18 bits per heavy atom. The van der Waals surface area contributed by atoms with Crippen LogP contribution in [0.1, 0.15) is 26.2 Å². The molecular weight excluding hydrogens is 134 g/mol. The number of hydrogen-bond acceptors (Lipinski definition) is 1. The lowest BCUT2D eigenvalue weighted by atomic mass is 10.0. The lowest BCUT2D eigenvalue weighted by molar-refractivity contribution is 0.323. The van der Waals surface area contributed by atoms with Crippen LogP contribution in [0.3, 0.4) is 0 Å². The first-order valence-electron chi connectivity index (χ1n) is 4.64. The van der Waals surface area contributed by atoms with Crippen LogP contribution in [0, 0.1) is 5.92 Å². The van der Waals surface area contributed by atoms with Gasteiger partial charge in [-0.1, -0.05) is 18.6 Å². The molecule has 1 atom stereocenters. The van der Waals surface area contributed by atoms with Crippen molar-refractivity contribution in [3.05, 3.63) is 12.2 Å². The third kappa shape index (κ3) is 3.06. The molecule has 0 saturated carbocycles. The smallest absolute Gasteiger partial charge is 0.00413 e. The lowest BCUT2D eigenvalue weighted by Gasteiger charge is -2.16. The normalized spacial score (nSPS) is 29.1. The molecule has 1 heterocycles. The van der Waals surface area contributed by atoms with Gasteiger partial charge in [0.15, 0.2) is 0 Å². The Kier molecular flexibility index (Phi) is 3.64. The van der Waals surface area contributed by atoms with Gasteiger partial charge in [0.05, 0.1) is 0 Å². The number of rotatable bonds is 1. The number of likely N-dealkylation sites (tertiary alicyclic amines) is 1. The van der Waals surface area contributed by atoms with Gasteiger partial charge in [0.1, 0.15) is 0 Å².